The van der Waals surface area contributed by atoms with Crippen LogP contribution in [0.2, 0.25) is 0 Å². The van der Waals surface area contributed by atoms with Crippen molar-refractivity contribution in [1.82, 2.24) is 5.32 Å². The number of nitrogens with two attached hydrogens (primary N) is 1. The summed E-state index contributed by atoms with van der Waals surface area (Å²) in [6, 6.07) is 10.9. The van der Waals surface area contributed by atoms with Gasteiger partial charge in [0.05, 0.1) is 0 Å². The molecule has 0 radical (unpaired) electrons. The Morgan fingerprint density at radius 2 is 1.66 bits per heavy atom. The highest BCUT2D eigenvalue weighted by Gasteiger charge is 2.41. The molecule has 0 bridgehead atoms. The third kappa shape index (κ3) is 6.69. The van der Waals surface area contributed by atoms with Gasteiger partial charge >= 0.3 is 12.1 Å². The van der Waals surface area contributed by atoms with E-state index >= 15 is 0 Å². The molecule has 0 aliphatic heterocycles. The number of nitrogens with one attached hydrogen (secondary N) is 2. The van der Waals surface area contributed by atoms with Crippen LogP contribution in [0.5, 0.6) is 5.75 Å². The first kappa shape index (κ1) is 24.6. The minimum Gasteiger partial charge on any atom is -0.419 e. The number of amidine groups is 1. The van der Waals surface area contributed by atoms with Gasteiger partial charge in [-0.1, -0.05) is 45.1 Å². The molecule has 4 N–H and O–H groups in total. The zero-order valence-corrected chi connectivity index (χ0v) is 17.8. The van der Waals surface area contributed by atoms with Gasteiger partial charge in [-0.3, -0.25) is 10.2 Å². The average Bonchev–Trinajstić information content (AvgIpc) is 2.70. The summed E-state index contributed by atoms with van der Waals surface area (Å²) in [6.07, 6.45) is -2.31. The van der Waals surface area contributed by atoms with Gasteiger partial charge in [0, 0.05) is 23.2 Å². The molecule has 170 valence electrons. The number of nitrogen functional groups attached to an aromatic ring is 1. The first-order valence-corrected chi connectivity index (χ1v) is 9.62. The number of ether oxygens (including phenoxy) is 1. The Balaban J connectivity index is 2.11. The summed E-state index contributed by atoms with van der Waals surface area (Å²) in [5.41, 5.74) is 7.25. The van der Waals surface area contributed by atoms with Crippen molar-refractivity contribution in [2.24, 2.45) is 5.73 Å². The van der Waals surface area contributed by atoms with E-state index in [4.69, 9.17) is 11.1 Å². The summed E-state index contributed by atoms with van der Waals surface area (Å²) in [4.78, 5) is 23.5. The lowest BCUT2D eigenvalue weighted by atomic mass is 9.87. The van der Waals surface area contributed by atoms with Gasteiger partial charge in [-0.05, 0) is 41.3 Å². The van der Waals surface area contributed by atoms with E-state index in [0.717, 1.165) is 11.6 Å². The van der Waals surface area contributed by atoms with Crippen LogP contribution < -0.4 is 15.8 Å². The molecule has 0 unspecified atom stereocenters. The van der Waals surface area contributed by atoms with Crippen LogP contribution in [-0.4, -0.2) is 30.4 Å². The zero-order chi connectivity index (χ0) is 24.1. The Morgan fingerprint density at radius 1 is 1.06 bits per heavy atom. The van der Waals surface area contributed by atoms with E-state index in [9.17, 15) is 22.8 Å². The summed E-state index contributed by atoms with van der Waals surface area (Å²) in [7, 11) is 0. The molecule has 2 aromatic carbocycles. The molecular weight excluding hydrogens is 423 g/mol. The van der Waals surface area contributed by atoms with Gasteiger partial charge < -0.3 is 15.8 Å². The van der Waals surface area contributed by atoms with E-state index in [2.05, 4.69) is 30.8 Å². The fourth-order valence-corrected chi connectivity index (χ4v) is 2.66. The molecule has 0 aliphatic carbocycles. The van der Waals surface area contributed by atoms with E-state index in [1.165, 1.54) is 24.3 Å². The lowest BCUT2D eigenvalue weighted by Crippen LogP contribution is -2.28. The number of amides is 1. The summed E-state index contributed by atoms with van der Waals surface area (Å²) in [5, 5.41) is 10.1. The van der Waals surface area contributed by atoms with Crippen LogP contribution in [-0.2, 0) is 10.2 Å². The summed E-state index contributed by atoms with van der Waals surface area (Å²) < 4.78 is 42.0. The minimum absolute atomic E-state index is 0.0422. The van der Waals surface area contributed by atoms with E-state index in [-0.39, 0.29) is 40.6 Å². The maximum atomic E-state index is 12.5. The van der Waals surface area contributed by atoms with Gasteiger partial charge in [0.2, 0.25) is 0 Å². The molecule has 0 saturated heterocycles. The standard InChI is InChI=1S/C23H24F3N3O3/c1-22(2,3)17-9-6-14(7-10-17)20(30)29-12-4-5-15-13-16(19(27)28)8-11-18(15)32-21(31)23(24,25)26/h4-11,13H,12H2,1-3H3,(H3,27,28)(H,29,30)/b5-4+. The van der Waals surface area contributed by atoms with Crippen molar-refractivity contribution in [3.63, 3.8) is 0 Å². The minimum atomic E-state index is -5.16. The van der Waals surface area contributed by atoms with Crippen molar-refractivity contribution in [3.05, 3.63) is 70.8 Å². The molecule has 0 aromatic heterocycles. The quantitative estimate of drug-likeness (QED) is 0.267. The van der Waals surface area contributed by atoms with Crippen LogP contribution in [0.4, 0.5) is 13.2 Å². The highest BCUT2D eigenvalue weighted by atomic mass is 19.4. The highest BCUT2D eigenvalue weighted by molar-refractivity contribution is 5.96. The van der Waals surface area contributed by atoms with Crippen LogP contribution in [0, 0.1) is 5.41 Å². The SMILES string of the molecule is CC(C)(C)c1ccc(C(=O)NC/C=C/c2cc(C(=N)N)ccc2OC(=O)C(F)(F)F)cc1. The van der Waals surface area contributed by atoms with Gasteiger partial charge in [0.15, 0.2) is 0 Å². The molecule has 0 fully saturated rings. The lowest BCUT2D eigenvalue weighted by molar-refractivity contribution is -0.189. The Kier molecular flexibility index (Phi) is 7.45. The van der Waals surface area contributed by atoms with Gasteiger partial charge in [-0.15, -0.1) is 0 Å². The monoisotopic (exact) mass is 447 g/mol. The number of halogens is 3. The number of carbonyl (C=O) groups is 2. The van der Waals surface area contributed by atoms with Crippen LogP contribution in [0.1, 0.15) is 47.8 Å². The molecule has 9 heteroatoms. The number of hydrogen-bond donors (Lipinski definition) is 3. The molecule has 32 heavy (non-hydrogen) atoms. The van der Waals surface area contributed by atoms with Gasteiger partial charge in [0.1, 0.15) is 11.6 Å². The van der Waals surface area contributed by atoms with Gasteiger partial charge in [-0.25, -0.2) is 4.79 Å². The van der Waals surface area contributed by atoms with E-state index in [0.29, 0.717) is 5.56 Å². The van der Waals surface area contributed by atoms with Crippen molar-refractivity contribution in [1.29, 1.82) is 5.41 Å². The number of esters is 1. The van der Waals surface area contributed by atoms with Gasteiger partial charge in [-0.2, -0.15) is 13.2 Å². The molecule has 0 atom stereocenters. The van der Waals surface area contributed by atoms with Crippen LogP contribution in [0.15, 0.2) is 48.5 Å². The molecule has 6 nitrogen and oxygen atoms in total. The second-order valence-corrected chi connectivity index (χ2v) is 7.99. The average molecular weight is 447 g/mol. The molecule has 0 heterocycles. The molecule has 2 rings (SSSR count). The predicted octanol–water partition coefficient (Wildman–Crippen LogP) is 4.18. The van der Waals surface area contributed by atoms with Crippen molar-refractivity contribution in [2.75, 3.05) is 6.54 Å². The van der Waals surface area contributed by atoms with Crippen LogP contribution in [0.25, 0.3) is 6.08 Å². The summed E-state index contributed by atoms with van der Waals surface area (Å²) in [6.45, 7) is 6.26. The third-order valence-corrected chi connectivity index (χ3v) is 4.45. The first-order valence-electron chi connectivity index (χ1n) is 9.62. The third-order valence-electron chi connectivity index (χ3n) is 4.45. The fraction of sp³-hybridized carbons (Fsp3) is 0.261. The number of carbonyl (C=O) groups excluding carboxylic acids is 2. The Labute approximate surface area is 183 Å². The number of alkyl halides is 3. The van der Waals surface area contributed by atoms with Crippen LogP contribution >= 0.6 is 0 Å². The molecule has 0 aliphatic rings. The number of rotatable bonds is 6. The fourth-order valence-electron chi connectivity index (χ4n) is 2.66. The highest BCUT2D eigenvalue weighted by Crippen LogP contribution is 2.26. The smallest absolute Gasteiger partial charge is 0.419 e. The first-order chi connectivity index (χ1) is 14.8. The second-order valence-electron chi connectivity index (χ2n) is 7.99. The maximum absolute atomic E-state index is 12.5. The molecule has 0 spiro atoms. The van der Waals surface area contributed by atoms with Crippen molar-refractivity contribution >= 4 is 23.8 Å². The normalized spacial score (nSPS) is 11.9. The van der Waals surface area contributed by atoms with Gasteiger partial charge in [0.25, 0.3) is 5.91 Å². The Bertz CT molecular complexity index is 1040. The van der Waals surface area contributed by atoms with E-state index < -0.39 is 12.1 Å². The summed E-state index contributed by atoms with van der Waals surface area (Å²) in [5.74, 6) is -3.34. The predicted molar refractivity (Wildman–Crippen MR) is 116 cm³/mol. The summed E-state index contributed by atoms with van der Waals surface area (Å²) >= 11 is 0. The Hall–Kier alpha value is -3.62. The van der Waals surface area contributed by atoms with Crippen molar-refractivity contribution in [2.45, 2.75) is 32.4 Å². The largest absolute Gasteiger partial charge is 0.491 e. The van der Waals surface area contributed by atoms with Crippen molar-refractivity contribution in [3.8, 4) is 5.75 Å². The van der Waals surface area contributed by atoms with E-state index in [1.807, 2.05) is 12.1 Å². The zero-order valence-electron chi connectivity index (χ0n) is 17.8. The molecular formula is C23H24F3N3O3. The van der Waals surface area contributed by atoms with Crippen molar-refractivity contribution < 1.29 is 27.5 Å². The second kappa shape index (κ2) is 9.67. The number of hydrogen-bond acceptors (Lipinski definition) is 4. The Morgan fingerprint density at radius 3 is 2.19 bits per heavy atom. The number of benzene rings is 2. The maximum Gasteiger partial charge on any atom is 0.491 e. The topological polar surface area (TPSA) is 105 Å². The van der Waals surface area contributed by atoms with E-state index in [1.54, 1.807) is 12.1 Å². The molecule has 2 aromatic rings. The van der Waals surface area contributed by atoms with Crippen LogP contribution in [0.3, 0.4) is 0 Å². The lowest BCUT2D eigenvalue weighted by Gasteiger charge is -2.19. The molecule has 0 saturated carbocycles. The molecule has 1 amide bonds.